The molecule has 2 aliphatic heterocycles. The van der Waals surface area contributed by atoms with Crippen molar-refractivity contribution >= 4 is 23.5 Å². The third-order valence-corrected chi connectivity index (χ3v) is 5.14. The van der Waals surface area contributed by atoms with Crippen molar-refractivity contribution in [1.29, 1.82) is 0 Å². The molecule has 0 amide bonds. The van der Waals surface area contributed by atoms with Crippen LogP contribution >= 0.6 is 11.6 Å². The fraction of sp³-hybridized carbons (Fsp3) is 0.368. The molecule has 0 atom stereocenters. The van der Waals surface area contributed by atoms with E-state index in [0.29, 0.717) is 33.2 Å². The molecule has 7 nitrogen and oxygen atoms in total. The van der Waals surface area contributed by atoms with Gasteiger partial charge in [-0.15, -0.1) is 0 Å². The summed E-state index contributed by atoms with van der Waals surface area (Å²) < 4.78 is 20.7. The minimum absolute atomic E-state index is 0.0919. The molecule has 1 aromatic rings. The first-order valence-corrected chi connectivity index (χ1v) is 8.87. The van der Waals surface area contributed by atoms with Gasteiger partial charge in [-0.3, -0.25) is 0 Å². The molecule has 0 N–H and O–H groups in total. The molecule has 0 radical (unpaired) electrons. The van der Waals surface area contributed by atoms with Crippen LogP contribution in [0.2, 0.25) is 5.02 Å². The molecule has 0 unspecified atom stereocenters. The Kier molecular flexibility index (Phi) is 4.47. The van der Waals surface area contributed by atoms with Crippen LogP contribution in [0.4, 0.5) is 0 Å². The molecule has 3 aliphatic rings. The van der Waals surface area contributed by atoms with E-state index in [0.717, 1.165) is 12.8 Å². The number of benzene rings is 1. The fourth-order valence-corrected chi connectivity index (χ4v) is 3.59. The average molecular weight is 392 g/mol. The highest BCUT2D eigenvalue weighted by Gasteiger charge is 2.40. The van der Waals surface area contributed by atoms with Crippen molar-refractivity contribution in [3.63, 3.8) is 0 Å². The molecule has 1 fully saturated rings. The predicted molar refractivity (Wildman–Crippen MR) is 95.4 cm³/mol. The van der Waals surface area contributed by atoms with Gasteiger partial charge in [-0.2, -0.15) is 0 Å². The predicted octanol–water partition coefficient (Wildman–Crippen LogP) is 2.74. The zero-order valence-electron chi connectivity index (χ0n) is 14.9. The molecule has 0 aromatic heterocycles. The van der Waals surface area contributed by atoms with Crippen molar-refractivity contribution in [2.75, 3.05) is 21.0 Å². The Labute approximate surface area is 161 Å². The maximum absolute atomic E-state index is 12.5. The second kappa shape index (κ2) is 6.81. The van der Waals surface area contributed by atoms with Gasteiger partial charge in [-0.05, 0) is 24.5 Å². The van der Waals surface area contributed by atoms with E-state index in [1.54, 1.807) is 24.5 Å². The highest BCUT2D eigenvalue weighted by Crippen LogP contribution is 2.46. The van der Waals surface area contributed by atoms with E-state index < -0.39 is 17.9 Å². The second-order valence-corrected chi connectivity index (χ2v) is 6.90. The first kappa shape index (κ1) is 17.7. The fourth-order valence-electron chi connectivity index (χ4n) is 3.32. The maximum Gasteiger partial charge on any atom is 0.336 e. The zero-order valence-corrected chi connectivity index (χ0v) is 15.6. The van der Waals surface area contributed by atoms with Crippen molar-refractivity contribution in [1.82, 2.24) is 4.90 Å². The molecule has 1 aliphatic carbocycles. The summed E-state index contributed by atoms with van der Waals surface area (Å²) in [5.41, 5.74) is 1.17. The Hall–Kier alpha value is -2.67. The molecular weight excluding hydrogens is 374 g/mol. The van der Waals surface area contributed by atoms with E-state index in [1.165, 1.54) is 14.2 Å². The largest absolute Gasteiger partial charge is 0.466 e. The first-order chi connectivity index (χ1) is 13.0. The van der Waals surface area contributed by atoms with Crippen molar-refractivity contribution in [2.45, 2.75) is 24.8 Å². The van der Waals surface area contributed by atoms with E-state index >= 15 is 0 Å². The van der Waals surface area contributed by atoms with Gasteiger partial charge in [0.2, 0.25) is 6.79 Å². The third-order valence-electron chi connectivity index (χ3n) is 4.81. The van der Waals surface area contributed by atoms with E-state index in [4.69, 9.17) is 30.5 Å². The van der Waals surface area contributed by atoms with E-state index in [1.807, 2.05) is 4.90 Å². The van der Waals surface area contributed by atoms with Gasteiger partial charge in [0.1, 0.15) is 0 Å². The van der Waals surface area contributed by atoms with Crippen LogP contribution in [0.5, 0.6) is 11.5 Å². The molecule has 27 heavy (non-hydrogen) atoms. The monoisotopic (exact) mass is 391 g/mol. The Morgan fingerprint density at radius 1 is 1.04 bits per heavy atom. The number of fused-ring (bicyclic) bond motifs is 1. The highest BCUT2D eigenvalue weighted by molar-refractivity contribution is 6.32. The summed E-state index contributed by atoms with van der Waals surface area (Å²) in [5, 5.41) is 0.355. The number of methoxy groups -OCH3 is 2. The van der Waals surface area contributed by atoms with Crippen molar-refractivity contribution in [3.05, 3.63) is 46.3 Å². The van der Waals surface area contributed by atoms with Crippen molar-refractivity contribution in [3.8, 4) is 11.5 Å². The van der Waals surface area contributed by atoms with Crippen LogP contribution in [0.1, 0.15) is 24.3 Å². The number of halogens is 1. The van der Waals surface area contributed by atoms with Gasteiger partial charge < -0.3 is 23.8 Å². The Balaban J connectivity index is 1.86. The molecule has 2 heterocycles. The van der Waals surface area contributed by atoms with Gasteiger partial charge in [0.05, 0.1) is 31.3 Å². The number of ether oxygens (including phenoxy) is 4. The summed E-state index contributed by atoms with van der Waals surface area (Å²) in [6.45, 7) is 0.0919. The lowest BCUT2D eigenvalue weighted by molar-refractivity contribution is -0.137. The van der Waals surface area contributed by atoms with Crippen LogP contribution in [0.25, 0.3) is 0 Å². The van der Waals surface area contributed by atoms with Crippen LogP contribution in [0.3, 0.4) is 0 Å². The number of esters is 2. The molecule has 4 rings (SSSR count). The lowest BCUT2D eigenvalue weighted by Crippen LogP contribution is -2.29. The van der Waals surface area contributed by atoms with Crippen LogP contribution < -0.4 is 9.47 Å². The van der Waals surface area contributed by atoms with Gasteiger partial charge in [-0.25, -0.2) is 9.59 Å². The van der Waals surface area contributed by atoms with E-state index in [2.05, 4.69) is 0 Å². The molecular formula is C19H18ClNO6. The van der Waals surface area contributed by atoms with Crippen molar-refractivity contribution < 1.29 is 28.5 Å². The van der Waals surface area contributed by atoms with Gasteiger partial charge in [0.25, 0.3) is 0 Å². The first-order valence-electron chi connectivity index (χ1n) is 8.50. The van der Waals surface area contributed by atoms with Gasteiger partial charge in [0.15, 0.2) is 11.5 Å². The van der Waals surface area contributed by atoms with Crippen molar-refractivity contribution in [2.24, 2.45) is 0 Å². The lowest BCUT2D eigenvalue weighted by Gasteiger charge is -2.30. The minimum atomic E-state index is -0.734. The van der Waals surface area contributed by atoms with E-state index in [9.17, 15) is 9.59 Å². The highest BCUT2D eigenvalue weighted by atomic mass is 35.5. The normalized spacial score (nSPS) is 18.7. The Morgan fingerprint density at radius 2 is 1.59 bits per heavy atom. The smallest absolute Gasteiger partial charge is 0.336 e. The summed E-state index contributed by atoms with van der Waals surface area (Å²) >= 11 is 6.47. The molecule has 0 spiro atoms. The van der Waals surface area contributed by atoms with Crippen LogP contribution in [0.15, 0.2) is 35.7 Å². The van der Waals surface area contributed by atoms with Crippen LogP contribution in [-0.2, 0) is 19.1 Å². The topological polar surface area (TPSA) is 74.3 Å². The Bertz CT molecular complexity index is 839. The Morgan fingerprint density at radius 3 is 2.11 bits per heavy atom. The summed E-state index contributed by atoms with van der Waals surface area (Å²) in [6.07, 6.45) is 5.43. The summed E-state index contributed by atoms with van der Waals surface area (Å²) in [4.78, 5) is 27.0. The number of carbonyl (C=O) groups is 2. The summed E-state index contributed by atoms with van der Waals surface area (Å²) in [7, 11) is 2.61. The van der Waals surface area contributed by atoms with E-state index in [-0.39, 0.29) is 12.8 Å². The number of nitrogens with zero attached hydrogens (tertiary/aromatic N) is 1. The third kappa shape index (κ3) is 3.12. The number of hydrogen-bond donors (Lipinski definition) is 0. The number of rotatable bonds is 4. The molecule has 0 bridgehead atoms. The standard InChI is InChI=1S/C19H18ClNO6/c1-24-18(22)12-7-21(10-3-4-10)8-13(19(23)25-2)17(12)11-5-15-16(6-14(11)20)27-9-26-15/h5-8,10,17H,3-4,9H2,1-2H3. The minimum Gasteiger partial charge on any atom is -0.466 e. The van der Waals surface area contributed by atoms with Gasteiger partial charge >= 0.3 is 11.9 Å². The average Bonchev–Trinajstić information content (AvgIpc) is 3.44. The van der Waals surface area contributed by atoms with Crippen LogP contribution in [0, 0.1) is 0 Å². The molecule has 0 saturated heterocycles. The number of carbonyl (C=O) groups excluding carboxylic acids is 2. The quantitative estimate of drug-likeness (QED) is 0.730. The molecule has 8 heteroatoms. The van der Waals surface area contributed by atoms with Crippen LogP contribution in [-0.4, -0.2) is 43.9 Å². The van der Waals surface area contributed by atoms with Gasteiger partial charge in [-0.1, -0.05) is 11.6 Å². The lowest BCUT2D eigenvalue weighted by atomic mass is 9.83. The summed E-state index contributed by atoms with van der Waals surface area (Å²) in [6, 6.07) is 3.57. The molecule has 1 saturated carbocycles. The van der Waals surface area contributed by atoms with Gasteiger partial charge in [0, 0.05) is 29.5 Å². The SMILES string of the molecule is COC(=O)C1=CN(C2CC2)C=C(C(=O)OC)C1c1cc2c(cc1Cl)OCO2. The zero-order chi connectivity index (χ0) is 19.1. The maximum atomic E-state index is 12.5. The molecule has 142 valence electrons. The number of hydrogen-bond acceptors (Lipinski definition) is 7. The molecule has 1 aromatic carbocycles. The summed E-state index contributed by atoms with van der Waals surface area (Å²) in [5.74, 6) is -0.775. The second-order valence-electron chi connectivity index (χ2n) is 6.49.